The van der Waals surface area contributed by atoms with Crippen LogP contribution in [0.4, 0.5) is 5.82 Å². The van der Waals surface area contributed by atoms with Crippen molar-refractivity contribution in [3.05, 3.63) is 18.1 Å². The molecule has 0 saturated carbocycles. The minimum Gasteiger partial charge on any atom is -0.355 e. The molecule has 0 fully saturated rings. The molecule has 16 heavy (non-hydrogen) atoms. The van der Waals surface area contributed by atoms with Gasteiger partial charge in [0.25, 0.3) is 0 Å². The molecule has 1 rings (SSSR count). The second-order valence-corrected chi connectivity index (χ2v) is 3.98. The average Bonchev–Trinajstić information content (AvgIpc) is 2.31. The maximum Gasteiger partial charge on any atom is 0.147 e. The van der Waals surface area contributed by atoms with Gasteiger partial charge in [0, 0.05) is 25.8 Å². The molecule has 0 aliphatic rings. The smallest absolute Gasteiger partial charge is 0.147 e. The summed E-state index contributed by atoms with van der Waals surface area (Å²) in [6.45, 7) is 5.17. The minimum absolute atomic E-state index is 0.541. The largest absolute Gasteiger partial charge is 0.355 e. The zero-order valence-electron chi connectivity index (χ0n) is 10.7. The molecular formula is C12H22N4. The summed E-state index contributed by atoms with van der Waals surface area (Å²) < 4.78 is 0. The number of nitrogens with one attached hydrogen (secondary N) is 1. The predicted octanol–water partition coefficient (Wildman–Crippen LogP) is 1.82. The first-order chi connectivity index (χ1) is 7.72. The Hall–Kier alpha value is -1.16. The highest BCUT2D eigenvalue weighted by molar-refractivity contribution is 5.36. The number of aromatic nitrogens is 2. The molecule has 0 aliphatic carbocycles. The Bertz CT molecular complexity index is 310. The fraction of sp³-hybridized carbons (Fsp3) is 0.667. The van der Waals surface area contributed by atoms with Gasteiger partial charge in [-0.2, -0.15) is 0 Å². The number of hydrogen-bond acceptors (Lipinski definition) is 4. The molecule has 0 aromatic carbocycles. The third kappa shape index (κ3) is 3.17. The van der Waals surface area contributed by atoms with E-state index in [4.69, 9.17) is 0 Å². The van der Waals surface area contributed by atoms with Crippen molar-refractivity contribution < 1.29 is 0 Å². The number of nitrogens with zero attached hydrogens (tertiary/aromatic N) is 3. The van der Waals surface area contributed by atoms with Crippen LogP contribution in [0.5, 0.6) is 0 Å². The molecule has 1 heterocycles. The topological polar surface area (TPSA) is 41.1 Å². The molecule has 0 amide bonds. The van der Waals surface area contributed by atoms with E-state index in [1.807, 2.05) is 13.2 Å². The van der Waals surface area contributed by atoms with Crippen LogP contribution in [0.2, 0.25) is 0 Å². The average molecular weight is 222 g/mol. The zero-order chi connectivity index (χ0) is 12.0. The summed E-state index contributed by atoms with van der Waals surface area (Å²) in [5, 5.41) is 3.09. The second-order valence-electron chi connectivity index (χ2n) is 3.98. The fourth-order valence-electron chi connectivity index (χ4n) is 1.85. The van der Waals surface area contributed by atoms with Crippen molar-refractivity contribution in [2.45, 2.75) is 39.3 Å². The summed E-state index contributed by atoms with van der Waals surface area (Å²) in [6.07, 6.45) is 5.90. The van der Waals surface area contributed by atoms with Gasteiger partial charge in [0.1, 0.15) is 5.82 Å². The van der Waals surface area contributed by atoms with Gasteiger partial charge in [-0.15, -0.1) is 0 Å². The maximum absolute atomic E-state index is 4.58. The highest BCUT2D eigenvalue weighted by Crippen LogP contribution is 2.15. The Morgan fingerprint density at radius 2 is 2.00 bits per heavy atom. The van der Waals surface area contributed by atoms with Gasteiger partial charge in [-0.3, -0.25) is 4.98 Å². The highest BCUT2D eigenvalue weighted by Gasteiger charge is 2.12. The van der Waals surface area contributed by atoms with E-state index in [-0.39, 0.29) is 0 Å². The van der Waals surface area contributed by atoms with Crippen molar-refractivity contribution in [1.82, 2.24) is 15.3 Å². The van der Waals surface area contributed by atoms with Gasteiger partial charge < -0.3 is 10.2 Å². The van der Waals surface area contributed by atoms with Crippen LogP contribution in [0.3, 0.4) is 0 Å². The van der Waals surface area contributed by atoms with Crippen molar-refractivity contribution in [1.29, 1.82) is 0 Å². The van der Waals surface area contributed by atoms with Gasteiger partial charge in [0.15, 0.2) is 0 Å². The van der Waals surface area contributed by atoms with Crippen molar-refractivity contribution >= 4 is 5.82 Å². The third-order valence-corrected chi connectivity index (χ3v) is 2.88. The number of rotatable bonds is 6. The minimum atomic E-state index is 0.541. The Kier molecular flexibility index (Phi) is 5.19. The summed E-state index contributed by atoms with van der Waals surface area (Å²) in [4.78, 5) is 11.0. The molecule has 4 nitrogen and oxygen atoms in total. The second kappa shape index (κ2) is 6.43. The summed E-state index contributed by atoms with van der Waals surface area (Å²) in [6, 6.07) is 0.541. The zero-order valence-corrected chi connectivity index (χ0v) is 10.7. The van der Waals surface area contributed by atoms with Gasteiger partial charge >= 0.3 is 0 Å². The first-order valence-corrected chi connectivity index (χ1v) is 5.91. The Balaban J connectivity index is 2.81. The predicted molar refractivity (Wildman–Crippen MR) is 67.6 cm³/mol. The summed E-state index contributed by atoms with van der Waals surface area (Å²) in [5.74, 6) is 0.960. The lowest BCUT2D eigenvalue weighted by atomic mass is 10.1. The van der Waals surface area contributed by atoms with Gasteiger partial charge in [-0.05, 0) is 19.9 Å². The van der Waals surface area contributed by atoms with Crippen molar-refractivity contribution in [3.8, 4) is 0 Å². The third-order valence-electron chi connectivity index (χ3n) is 2.88. The SMILES string of the molecule is CCC(CC)N(C)c1cncc(CNC)n1. The monoisotopic (exact) mass is 222 g/mol. The van der Waals surface area contributed by atoms with E-state index in [0.717, 1.165) is 30.9 Å². The van der Waals surface area contributed by atoms with E-state index >= 15 is 0 Å². The van der Waals surface area contributed by atoms with Crippen LogP contribution in [0.1, 0.15) is 32.4 Å². The van der Waals surface area contributed by atoms with Crippen molar-refractivity contribution in [2.75, 3.05) is 19.0 Å². The van der Waals surface area contributed by atoms with E-state index in [2.05, 4.69) is 41.1 Å². The molecule has 1 N–H and O–H groups in total. The van der Waals surface area contributed by atoms with E-state index < -0.39 is 0 Å². The summed E-state index contributed by atoms with van der Waals surface area (Å²) >= 11 is 0. The Morgan fingerprint density at radius 3 is 2.56 bits per heavy atom. The molecule has 0 saturated heterocycles. The van der Waals surface area contributed by atoms with Crippen LogP contribution in [0, 0.1) is 0 Å². The molecule has 0 spiro atoms. The lowest BCUT2D eigenvalue weighted by Crippen LogP contribution is -2.31. The van der Waals surface area contributed by atoms with E-state index in [9.17, 15) is 0 Å². The molecule has 4 heteroatoms. The lowest BCUT2D eigenvalue weighted by Gasteiger charge is -2.27. The fourth-order valence-corrected chi connectivity index (χ4v) is 1.85. The van der Waals surface area contributed by atoms with Crippen molar-refractivity contribution in [2.24, 2.45) is 0 Å². The van der Waals surface area contributed by atoms with Gasteiger partial charge in [0.2, 0.25) is 0 Å². The molecule has 0 aliphatic heterocycles. The molecule has 0 radical (unpaired) electrons. The molecule has 1 aromatic heterocycles. The molecule has 0 unspecified atom stereocenters. The van der Waals surface area contributed by atoms with Crippen LogP contribution >= 0.6 is 0 Å². The molecule has 0 bridgehead atoms. The first kappa shape index (κ1) is 12.9. The first-order valence-electron chi connectivity index (χ1n) is 5.91. The lowest BCUT2D eigenvalue weighted by molar-refractivity contribution is 0.584. The van der Waals surface area contributed by atoms with Crippen molar-refractivity contribution in [3.63, 3.8) is 0 Å². The van der Waals surface area contributed by atoms with Crippen LogP contribution in [-0.4, -0.2) is 30.1 Å². The Morgan fingerprint density at radius 1 is 1.31 bits per heavy atom. The van der Waals surface area contributed by atoms with E-state index in [1.54, 1.807) is 6.20 Å². The normalized spacial score (nSPS) is 10.8. The standard InChI is InChI=1S/C12H22N4/c1-5-11(6-2)16(4)12-9-14-8-10(15-12)7-13-3/h8-9,11,13H,5-7H2,1-4H3. The van der Waals surface area contributed by atoms with E-state index in [1.165, 1.54) is 0 Å². The van der Waals surface area contributed by atoms with Crippen LogP contribution in [0.15, 0.2) is 12.4 Å². The van der Waals surface area contributed by atoms with Gasteiger partial charge in [-0.25, -0.2) is 4.98 Å². The number of hydrogen-bond donors (Lipinski definition) is 1. The van der Waals surface area contributed by atoms with Gasteiger partial charge in [0.05, 0.1) is 11.9 Å². The number of anilines is 1. The van der Waals surface area contributed by atoms with Gasteiger partial charge in [-0.1, -0.05) is 13.8 Å². The Labute approximate surface area is 98.1 Å². The van der Waals surface area contributed by atoms with Crippen LogP contribution in [0.25, 0.3) is 0 Å². The van der Waals surface area contributed by atoms with Crippen LogP contribution < -0.4 is 10.2 Å². The molecule has 90 valence electrons. The summed E-state index contributed by atoms with van der Waals surface area (Å²) in [7, 11) is 4.00. The van der Waals surface area contributed by atoms with E-state index in [0.29, 0.717) is 6.04 Å². The maximum atomic E-state index is 4.58. The molecular weight excluding hydrogens is 200 g/mol. The molecule has 0 atom stereocenters. The highest BCUT2D eigenvalue weighted by atomic mass is 15.2. The van der Waals surface area contributed by atoms with Crippen LogP contribution in [-0.2, 0) is 6.54 Å². The summed E-state index contributed by atoms with van der Waals surface area (Å²) in [5.41, 5.74) is 0.984. The molecule has 1 aromatic rings. The quantitative estimate of drug-likeness (QED) is 0.797.